The Balaban J connectivity index is 1.81. The first-order valence-corrected chi connectivity index (χ1v) is 8.53. The van der Waals surface area contributed by atoms with Gasteiger partial charge in [-0.15, -0.1) is 0 Å². The maximum atomic E-state index is 13.7. The molecule has 3 nitrogen and oxygen atoms in total. The van der Waals surface area contributed by atoms with E-state index >= 15 is 0 Å². The number of aliphatic imine (C=N–C) groups is 1. The molecule has 2 N–H and O–H groups in total. The number of rotatable bonds is 4. The van der Waals surface area contributed by atoms with Gasteiger partial charge >= 0.3 is 0 Å². The summed E-state index contributed by atoms with van der Waals surface area (Å²) in [5.41, 5.74) is 0.631. The molecule has 1 aromatic carbocycles. The van der Waals surface area contributed by atoms with E-state index in [4.69, 9.17) is 0 Å². The van der Waals surface area contributed by atoms with Gasteiger partial charge in [0.25, 0.3) is 0 Å². The number of thioether (sulfide) groups is 1. The molecule has 0 aliphatic carbocycles. The molecule has 110 valence electrons. The summed E-state index contributed by atoms with van der Waals surface area (Å²) in [6, 6.07) is 5.08. The van der Waals surface area contributed by atoms with Crippen molar-refractivity contribution < 1.29 is 4.39 Å². The molecule has 2 rings (SSSR count). The highest BCUT2D eigenvalue weighted by Crippen LogP contribution is 2.25. The molecular weight excluding hydrogens is 341 g/mol. The molecule has 1 atom stereocenters. The SMILES string of the molecule is CN=C(NCc1ccc(Br)cc1F)NCC1CCCS1. The summed E-state index contributed by atoms with van der Waals surface area (Å²) in [4.78, 5) is 4.16. The van der Waals surface area contributed by atoms with E-state index in [1.54, 1.807) is 13.1 Å². The van der Waals surface area contributed by atoms with E-state index in [1.165, 1.54) is 24.7 Å². The van der Waals surface area contributed by atoms with Crippen LogP contribution in [0, 0.1) is 5.82 Å². The van der Waals surface area contributed by atoms with Gasteiger partial charge in [-0.05, 0) is 30.7 Å². The summed E-state index contributed by atoms with van der Waals surface area (Å²) in [5, 5.41) is 7.11. The predicted octanol–water partition coefficient (Wildman–Crippen LogP) is 3.15. The Morgan fingerprint density at radius 1 is 1.50 bits per heavy atom. The van der Waals surface area contributed by atoms with E-state index in [1.807, 2.05) is 17.8 Å². The first kappa shape index (κ1) is 15.6. The Morgan fingerprint density at radius 2 is 2.35 bits per heavy atom. The summed E-state index contributed by atoms with van der Waals surface area (Å²) < 4.78 is 14.5. The highest BCUT2D eigenvalue weighted by molar-refractivity contribution is 9.10. The van der Waals surface area contributed by atoms with Crippen LogP contribution in [-0.4, -0.2) is 30.6 Å². The molecule has 0 radical (unpaired) electrons. The van der Waals surface area contributed by atoms with Crippen LogP contribution < -0.4 is 10.6 Å². The minimum absolute atomic E-state index is 0.214. The van der Waals surface area contributed by atoms with Gasteiger partial charge in [0.2, 0.25) is 0 Å². The number of guanidine groups is 1. The number of benzene rings is 1. The largest absolute Gasteiger partial charge is 0.355 e. The van der Waals surface area contributed by atoms with Crippen LogP contribution in [-0.2, 0) is 6.54 Å². The van der Waals surface area contributed by atoms with Crippen molar-refractivity contribution in [3.8, 4) is 0 Å². The monoisotopic (exact) mass is 359 g/mol. The molecule has 1 aliphatic heterocycles. The fraction of sp³-hybridized carbons (Fsp3) is 0.500. The van der Waals surface area contributed by atoms with Gasteiger partial charge in [-0.2, -0.15) is 11.8 Å². The minimum atomic E-state index is -0.214. The summed E-state index contributed by atoms with van der Waals surface area (Å²) in [6.45, 7) is 1.34. The molecule has 6 heteroatoms. The highest BCUT2D eigenvalue weighted by atomic mass is 79.9. The molecular formula is C14H19BrFN3S. The zero-order valence-electron chi connectivity index (χ0n) is 11.5. The summed E-state index contributed by atoms with van der Waals surface area (Å²) in [7, 11) is 1.73. The van der Waals surface area contributed by atoms with Crippen LogP contribution in [0.2, 0.25) is 0 Å². The van der Waals surface area contributed by atoms with E-state index in [-0.39, 0.29) is 5.82 Å². The second-order valence-electron chi connectivity index (χ2n) is 4.68. The molecule has 0 aromatic heterocycles. The smallest absolute Gasteiger partial charge is 0.191 e. The van der Waals surface area contributed by atoms with Crippen LogP contribution in [0.25, 0.3) is 0 Å². The first-order valence-electron chi connectivity index (χ1n) is 6.69. The molecule has 0 amide bonds. The lowest BCUT2D eigenvalue weighted by Crippen LogP contribution is -2.39. The topological polar surface area (TPSA) is 36.4 Å². The normalized spacial score (nSPS) is 19.1. The molecule has 0 spiro atoms. The van der Waals surface area contributed by atoms with Crippen molar-refractivity contribution >= 4 is 33.7 Å². The van der Waals surface area contributed by atoms with Crippen LogP contribution in [0.1, 0.15) is 18.4 Å². The average Bonchev–Trinajstić information content (AvgIpc) is 2.94. The van der Waals surface area contributed by atoms with Gasteiger partial charge in [-0.25, -0.2) is 4.39 Å². The molecule has 1 aromatic rings. The standard InChI is InChI=1S/C14H19BrFN3S/c1-17-14(19-9-12-3-2-6-20-12)18-8-10-4-5-11(15)7-13(10)16/h4-5,7,12H,2-3,6,8-9H2,1H3,(H2,17,18,19). The molecule has 1 fully saturated rings. The average molecular weight is 360 g/mol. The predicted molar refractivity (Wildman–Crippen MR) is 87.8 cm³/mol. The number of hydrogen-bond acceptors (Lipinski definition) is 2. The minimum Gasteiger partial charge on any atom is -0.355 e. The Hall–Kier alpha value is -0.750. The molecule has 1 unspecified atom stereocenters. The third kappa shape index (κ3) is 4.66. The Labute approximate surface area is 131 Å². The second-order valence-corrected chi connectivity index (χ2v) is 7.00. The fourth-order valence-electron chi connectivity index (χ4n) is 2.08. The van der Waals surface area contributed by atoms with Crippen LogP contribution in [0.3, 0.4) is 0 Å². The van der Waals surface area contributed by atoms with Crippen molar-refractivity contribution in [3.05, 3.63) is 34.1 Å². The third-order valence-electron chi connectivity index (χ3n) is 3.21. The Morgan fingerprint density at radius 3 is 3.00 bits per heavy atom. The summed E-state index contributed by atoms with van der Waals surface area (Å²) in [6.07, 6.45) is 2.56. The van der Waals surface area contributed by atoms with Gasteiger partial charge in [0.1, 0.15) is 5.82 Å². The van der Waals surface area contributed by atoms with Gasteiger partial charge in [0.05, 0.1) is 0 Å². The fourth-order valence-corrected chi connectivity index (χ4v) is 3.61. The maximum absolute atomic E-state index is 13.7. The lowest BCUT2D eigenvalue weighted by molar-refractivity contribution is 0.603. The highest BCUT2D eigenvalue weighted by Gasteiger charge is 2.15. The van der Waals surface area contributed by atoms with Gasteiger partial charge in [-0.3, -0.25) is 4.99 Å². The van der Waals surface area contributed by atoms with Crippen LogP contribution >= 0.6 is 27.7 Å². The van der Waals surface area contributed by atoms with Gasteiger partial charge in [0.15, 0.2) is 5.96 Å². The molecule has 1 saturated heterocycles. The number of nitrogens with zero attached hydrogens (tertiary/aromatic N) is 1. The van der Waals surface area contributed by atoms with Crippen molar-refractivity contribution in [1.82, 2.24) is 10.6 Å². The van der Waals surface area contributed by atoms with Crippen molar-refractivity contribution in [2.24, 2.45) is 4.99 Å². The zero-order valence-corrected chi connectivity index (χ0v) is 13.9. The van der Waals surface area contributed by atoms with E-state index < -0.39 is 0 Å². The van der Waals surface area contributed by atoms with Crippen molar-refractivity contribution in [3.63, 3.8) is 0 Å². The Kier molecular flexibility index (Phi) is 6.16. The van der Waals surface area contributed by atoms with Gasteiger partial charge in [-0.1, -0.05) is 22.0 Å². The van der Waals surface area contributed by atoms with Crippen molar-refractivity contribution in [2.75, 3.05) is 19.3 Å². The molecule has 20 heavy (non-hydrogen) atoms. The molecule has 0 saturated carbocycles. The lowest BCUT2D eigenvalue weighted by Gasteiger charge is -2.15. The summed E-state index contributed by atoms with van der Waals surface area (Å²) in [5.74, 6) is 1.76. The van der Waals surface area contributed by atoms with Crippen LogP contribution in [0.5, 0.6) is 0 Å². The van der Waals surface area contributed by atoms with E-state index in [2.05, 4.69) is 31.6 Å². The van der Waals surface area contributed by atoms with Gasteiger partial charge < -0.3 is 10.6 Å². The number of halogens is 2. The molecule has 0 bridgehead atoms. The first-order chi connectivity index (χ1) is 9.69. The second kappa shape index (κ2) is 7.88. The maximum Gasteiger partial charge on any atom is 0.191 e. The van der Waals surface area contributed by atoms with Crippen LogP contribution in [0.4, 0.5) is 4.39 Å². The molecule has 1 aliphatic rings. The quantitative estimate of drug-likeness (QED) is 0.640. The van der Waals surface area contributed by atoms with E-state index in [9.17, 15) is 4.39 Å². The molecule has 1 heterocycles. The third-order valence-corrected chi connectivity index (χ3v) is 5.10. The lowest BCUT2D eigenvalue weighted by atomic mass is 10.2. The Bertz CT molecular complexity index is 475. The van der Waals surface area contributed by atoms with Crippen molar-refractivity contribution in [2.45, 2.75) is 24.6 Å². The number of nitrogens with one attached hydrogen (secondary N) is 2. The van der Waals surface area contributed by atoms with E-state index in [0.29, 0.717) is 17.4 Å². The van der Waals surface area contributed by atoms with Gasteiger partial charge in [0, 0.05) is 35.4 Å². The van der Waals surface area contributed by atoms with Crippen molar-refractivity contribution in [1.29, 1.82) is 0 Å². The zero-order chi connectivity index (χ0) is 14.4. The van der Waals surface area contributed by atoms with E-state index in [0.717, 1.165) is 17.0 Å². The van der Waals surface area contributed by atoms with Crippen LogP contribution in [0.15, 0.2) is 27.7 Å². The number of hydrogen-bond donors (Lipinski definition) is 2. The summed E-state index contributed by atoms with van der Waals surface area (Å²) >= 11 is 5.26.